The molecule has 2 aromatic rings. The zero-order valence-corrected chi connectivity index (χ0v) is 18.7. The highest BCUT2D eigenvalue weighted by Gasteiger charge is 2.25. The highest BCUT2D eigenvalue weighted by molar-refractivity contribution is 7.99. The number of thiophene rings is 1. The summed E-state index contributed by atoms with van der Waals surface area (Å²) in [5.41, 5.74) is 1.26. The number of methoxy groups -OCH3 is 1. The summed E-state index contributed by atoms with van der Waals surface area (Å²) in [4.78, 5) is 32.4. The van der Waals surface area contributed by atoms with Crippen molar-refractivity contribution in [1.82, 2.24) is 14.9 Å². The minimum Gasteiger partial charge on any atom is -0.383 e. The molecule has 2 aromatic heterocycles. The molecule has 0 aliphatic heterocycles. The molecule has 0 aromatic carbocycles. The van der Waals surface area contributed by atoms with Crippen molar-refractivity contribution in [3.63, 3.8) is 0 Å². The van der Waals surface area contributed by atoms with Crippen LogP contribution in [-0.2, 0) is 28.9 Å². The molecule has 0 radical (unpaired) electrons. The van der Waals surface area contributed by atoms with E-state index >= 15 is 0 Å². The van der Waals surface area contributed by atoms with Gasteiger partial charge in [0.1, 0.15) is 4.83 Å². The molecule has 28 heavy (non-hydrogen) atoms. The van der Waals surface area contributed by atoms with Crippen molar-refractivity contribution in [1.29, 1.82) is 0 Å². The maximum Gasteiger partial charge on any atom is 0.263 e. The predicted octanol–water partition coefficient (Wildman–Crippen LogP) is 3.09. The molecule has 1 aliphatic rings. The first-order chi connectivity index (χ1) is 13.4. The van der Waals surface area contributed by atoms with Gasteiger partial charge in [-0.15, -0.1) is 11.3 Å². The summed E-state index contributed by atoms with van der Waals surface area (Å²) in [5.74, 6) is 1.14. The number of carbonyl (C=O) groups excluding carboxylic acids is 1. The van der Waals surface area contributed by atoms with Gasteiger partial charge < -0.3 is 10.1 Å². The molecule has 0 saturated heterocycles. The average Bonchev–Trinajstić information content (AvgIpc) is 3.00. The van der Waals surface area contributed by atoms with E-state index in [0.717, 1.165) is 29.5 Å². The van der Waals surface area contributed by atoms with Crippen LogP contribution in [0.5, 0.6) is 0 Å². The molecule has 0 bridgehead atoms. The van der Waals surface area contributed by atoms with E-state index < -0.39 is 0 Å². The van der Waals surface area contributed by atoms with E-state index in [4.69, 9.17) is 9.72 Å². The van der Waals surface area contributed by atoms with E-state index in [2.05, 4.69) is 26.1 Å². The van der Waals surface area contributed by atoms with E-state index in [1.165, 1.54) is 22.2 Å². The van der Waals surface area contributed by atoms with Crippen molar-refractivity contribution in [2.24, 2.45) is 11.8 Å². The zero-order chi connectivity index (χ0) is 20.3. The number of amides is 1. The topological polar surface area (TPSA) is 73.2 Å². The number of hydrogen-bond acceptors (Lipinski definition) is 6. The summed E-state index contributed by atoms with van der Waals surface area (Å²) >= 11 is 2.99. The zero-order valence-electron chi connectivity index (χ0n) is 17.0. The molecule has 2 heterocycles. The Morgan fingerprint density at radius 3 is 2.96 bits per heavy atom. The van der Waals surface area contributed by atoms with E-state index in [0.29, 0.717) is 36.7 Å². The van der Waals surface area contributed by atoms with Crippen LogP contribution in [0.2, 0.25) is 0 Å². The second-order valence-electron chi connectivity index (χ2n) is 7.87. The number of fused-ring (bicyclic) bond motifs is 3. The summed E-state index contributed by atoms with van der Waals surface area (Å²) in [5, 5.41) is 4.26. The third kappa shape index (κ3) is 4.78. The lowest BCUT2D eigenvalue weighted by molar-refractivity contribution is -0.118. The van der Waals surface area contributed by atoms with E-state index in [9.17, 15) is 9.59 Å². The van der Waals surface area contributed by atoms with Gasteiger partial charge in [-0.05, 0) is 36.7 Å². The maximum atomic E-state index is 13.4. The van der Waals surface area contributed by atoms with Crippen LogP contribution < -0.4 is 10.9 Å². The number of nitrogens with one attached hydrogen (secondary N) is 1. The Balaban J connectivity index is 1.92. The Kier molecular flexibility index (Phi) is 7.17. The fraction of sp³-hybridized carbons (Fsp3) is 0.650. The van der Waals surface area contributed by atoms with Crippen LogP contribution >= 0.6 is 23.1 Å². The van der Waals surface area contributed by atoms with Gasteiger partial charge >= 0.3 is 0 Å². The summed E-state index contributed by atoms with van der Waals surface area (Å²) in [6.07, 6.45) is 3.12. The van der Waals surface area contributed by atoms with E-state index in [-0.39, 0.29) is 17.2 Å². The number of nitrogens with zero attached hydrogens (tertiary/aromatic N) is 2. The molecule has 1 atom stereocenters. The molecular weight excluding hydrogens is 394 g/mol. The fourth-order valence-electron chi connectivity index (χ4n) is 3.51. The number of aryl methyl sites for hydroxylation is 1. The minimum atomic E-state index is -0.0770. The molecule has 154 valence electrons. The molecule has 0 fully saturated rings. The first-order valence-corrected chi connectivity index (χ1v) is 11.6. The average molecular weight is 424 g/mol. The molecule has 0 spiro atoms. The third-order valence-electron chi connectivity index (χ3n) is 4.89. The van der Waals surface area contributed by atoms with Gasteiger partial charge in [-0.2, -0.15) is 0 Å². The summed E-state index contributed by atoms with van der Waals surface area (Å²) in [6.45, 7) is 8.02. The van der Waals surface area contributed by atoms with Crippen LogP contribution in [0.4, 0.5) is 0 Å². The highest BCUT2D eigenvalue weighted by Crippen LogP contribution is 2.36. The van der Waals surface area contributed by atoms with Crippen molar-refractivity contribution in [3.05, 3.63) is 20.8 Å². The van der Waals surface area contributed by atoms with E-state index in [1.54, 1.807) is 23.0 Å². The Morgan fingerprint density at radius 2 is 2.25 bits per heavy atom. The van der Waals surface area contributed by atoms with Gasteiger partial charge in [-0.25, -0.2) is 4.98 Å². The van der Waals surface area contributed by atoms with Gasteiger partial charge in [0, 0.05) is 25.1 Å². The molecule has 6 nitrogen and oxygen atoms in total. The number of ether oxygens (including phenoxy) is 1. The van der Waals surface area contributed by atoms with Crippen molar-refractivity contribution >= 4 is 39.2 Å². The second kappa shape index (κ2) is 9.41. The quantitative estimate of drug-likeness (QED) is 0.401. The SMILES string of the molecule is COCCNC(=O)CSc1nc2sc3c(c2c(=O)n1CC(C)C)CCC(C)C3. The molecule has 1 N–H and O–H groups in total. The lowest BCUT2D eigenvalue weighted by Gasteiger charge is -2.18. The Morgan fingerprint density at radius 1 is 1.46 bits per heavy atom. The first kappa shape index (κ1) is 21.3. The van der Waals surface area contributed by atoms with Crippen LogP contribution in [-0.4, -0.2) is 41.5 Å². The van der Waals surface area contributed by atoms with Crippen molar-refractivity contribution in [3.8, 4) is 0 Å². The number of hydrogen-bond donors (Lipinski definition) is 1. The number of thioether (sulfide) groups is 1. The maximum absolute atomic E-state index is 13.4. The number of rotatable bonds is 8. The van der Waals surface area contributed by atoms with E-state index in [1.807, 2.05) is 0 Å². The largest absolute Gasteiger partial charge is 0.383 e. The molecule has 8 heteroatoms. The van der Waals surface area contributed by atoms with Gasteiger partial charge in [-0.3, -0.25) is 14.2 Å². The smallest absolute Gasteiger partial charge is 0.263 e. The standard InChI is InChI=1S/C20H29N3O3S2/c1-12(2)10-23-19(25)17-14-6-5-13(3)9-15(14)28-18(17)22-20(23)27-11-16(24)21-7-8-26-4/h12-13H,5-11H2,1-4H3,(H,21,24). The summed E-state index contributed by atoms with van der Waals surface area (Å²) < 4.78 is 6.72. The van der Waals surface area contributed by atoms with Gasteiger partial charge in [-0.1, -0.05) is 32.5 Å². The third-order valence-corrected chi connectivity index (χ3v) is 7.01. The first-order valence-electron chi connectivity index (χ1n) is 9.84. The van der Waals surface area contributed by atoms with Gasteiger partial charge in [0.2, 0.25) is 5.91 Å². The number of aromatic nitrogens is 2. The highest BCUT2D eigenvalue weighted by atomic mass is 32.2. The second-order valence-corrected chi connectivity index (χ2v) is 9.89. The predicted molar refractivity (Wildman–Crippen MR) is 116 cm³/mol. The van der Waals surface area contributed by atoms with Crippen molar-refractivity contribution < 1.29 is 9.53 Å². The lowest BCUT2D eigenvalue weighted by Crippen LogP contribution is -2.30. The van der Waals surface area contributed by atoms with Crippen LogP contribution in [0.15, 0.2) is 9.95 Å². The molecular formula is C20H29N3O3S2. The summed E-state index contributed by atoms with van der Waals surface area (Å²) in [7, 11) is 1.60. The van der Waals surface area contributed by atoms with Crippen molar-refractivity contribution in [2.75, 3.05) is 26.0 Å². The van der Waals surface area contributed by atoms with Crippen LogP contribution in [0.25, 0.3) is 10.2 Å². The van der Waals surface area contributed by atoms with Crippen molar-refractivity contribution in [2.45, 2.75) is 51.7 Å². The Labute approximate surface area is 174 Å². The van der Waals surface area contributed by atoms with Gasteiger partial charge in [0.05, 0.1) is 17.7 Å². The van der Waals surface area contributed by atoms with Crippen LogP contribution in [0, 0.1) is 11.8 Å². The molecule has 0 saturated carbocycles. The van der Waals surface area contributed by atoms with Crippen LogP contribution in [0.1, 0.15) is 37.6 Å². The van der Waals surface area contributed by atoms with Gasteiger partial charge in [0.15, 0.2) is 5.16 Å². The normalized spacial score (nSPS) is 16.5. The molecule has 1 unspecified atom stereocenters. The molecule has 3 rings (SSSR count). The van der Waals surface area contributed by atoms with Crippen LogP contribution in [0.3, 0.4) is 0 Å². The molecule has 1 amide bonds. The lowest BCUT2D eigenvalue weighted by atomic mass is 9.89. The minimum absolute atomic E-state index is 0.0491. The number of carbonyl (C=O) groups is 1. The Bertz CT molecular complexity index is 904. The molecule has 1 aliphatic carbocycles. The Hall–Kier alpha value is -1.38. The van der Waals surface area contributed by atoms with Gasteiger partial charge in [0.25, 0.3) is 5.56 Å². The fourth-order valence-corrected chi connectivity index (χ4v) is 5.78. The monoisotopic (exact) mass is 423 g/mol. The summed E-state index contributed by atoms with van der Waals surface area (Å²) in [6, 6.07) is 0.